The van der Waals surface area contributed by atoms with Crippen molar-refractivity contribution < 1.29 is 4.39 Å². The molecule has 1 aromatic rings. The van der Waals surface area contributed by atoms with Crippen molar-refractivity contribution in [2.45, 2.75) is 40.2 Å². The first-order chi connectivity index (χ1) is 9.12. The van der Waals surface area contributed by atoms with Crippen molar-refractivity contribution in [3.05, 3.63) is 35.1 Å². The van der Waals surface area contributed by atoms with Gasteiger partial charge in [0.2, 0.25) is 0 Å². The number of hydrogen-bond donors (Lipinski definition) is 1. The quantitative estimate of drug-likeness (QED) is 0.774. The normalized spacial score (nSPS) is 12.9. The van der Waals surface area contributed by atoms with E-state index < -0.39 is 0 Å². The molecule has 1 unspecified atom stereocenters. The summed E-state index contributed by atoms with van der Waals surface area (Å²) in [6.07, 6.45) is 1.06. The van der Waals surface area contributed by atoms with E-state index in [1.807, 2.05) is 19.1 Å². The van der Waals surface area contributed by atoms with Gasteiger partial charge in [0.15, 0.2) is 0 Å². The highest BCUT2D eigenvalue weighted by Crippen LogP contribution is 2.20. The molecule has 0 saturated heterocycles. The van der Waals surface area contributed by atoms with Crippen molar-refractivity contribution in [2.75, 3.05) is 26.2 Å². The zero-order valence-electron chi connectivity index (χ0n) is 12.7. The van der Waals surface area contributed by atoms with Gasteiger partial charge in [-0.15, -0.1) is 0 Å². The van der Waals surface area contributed by atoms with Crippen LogP contribution >= 0.6 is 0 Å². The van der Waals surface area contributed by atoms with Gasteiger partial charge >= 0.3 is 0 Å². The first-order valence-corrected chi connectivity index (χ1v) is 7.34. The Hall–Kier alpha value is -0.930. The Morgan fingerprint density at radius 2 is 1.89 bits per heavy atom. The molecule has 0 spiro atoms. The smallest absolute Gasteiger partial charge is 0.126 e. The van der Waals surface area contributed by atoms with Crippen molar-refractivity contribution in [1.82, 2.24) is 10.2 Å². The number of halogens is 1. The summed E-state index contributed by atoms with van der Waals surface area (Å²) in [6, 6.07) is 5.75. The van der Waals surface area contributed by atoms with Crippen molar-refractivity contribution in [3.8, 4) is 0 Å². The van der Waals surface area contributed by atoms with Crippen molar-refractivity contribution >= 4 is 0 Å². The van der Waals surface area contributed by atoms with Crippen LogP contribution in [-0.2, 0) is 0 Å². The highest BCUT2D eigenvalue weighted by atomic mass is 19.1. The molecule has 0 fully saturated rings. The van der Waals surface area contributed by atoms with Crippen molar-refractivity contribution in [1.29, 1.82) is 0 Å². The monoisotopic (exact) mass is 266 g/mol. The summed E-state index contributed by atoms with van der Waals surface area (Å²) in [5.41, 5.74) is 1.91. The molecular weight excluding hydrogens is 239 g/mol. The largest absolute Gasteiger partial charge is 0.310 e. The molecular formula is C16H27FN2. The van der Waals surface area contributed by atoms with Gasteiger partial charge in [-0.3, -0.25) is 0 Å². The summed E-state index contributed by atoms with van der Waals surface area (Å²) in [5, 5.41) is 3.50. The molecule has 3 heteroatoms. The zero-order chi connectivity index (χ0) is 14.3. The molecule has 0 saturated carbocycles. The minimum atomic E-state index is -0.122. The fourth-order valence-electron chi connectivity index (χ4n) is 2.37. The number of benzene rings is 1. The lowest BCUT2D eigenvalue weighted by molar-refractivity contribution is 0.282. The van der Waals surface area contributed by atoms with E-state index in [1.165, 1.54) is 5.56 Å². The second-order valence-corrected chi connectivity index (χ2v) is 4.93. The topological polar surface area (TPSA) is 15.3 Å². The molecule has 0 amide bonds. The molecule has 1 rings (SSSR count). The Labute approximate surface area is 117 Å². The number of nitrogens with zero attached hydrogens (tertiary/aromatic N) is 1. The van der Waals surface area contributed by atoms with Gasteiger partial charge in [-0.05, 0) is 56.7 Å². The first-order valence-electron chi connectivity index (χ1n) is 7.34. The van der Waals surface area contributed by atoms with Gasteiger partial charge in [0.05, 0.1) is 0 Å². The average Bonchev–Trinajstić information content (AvgIpc) is 2.42. The Bertz CT molecular complexity index is 375. The first kappa shape index (κ1) is 16.1. The predicted molar refractivity (Wildman–Crippen MR) is 80.0 cm³/mol. The van der Waals surface area contributed by atoms with Gasteiger partial charge in [-0.2, -0.15) is 0 Å². The van der Waals surface area contributed by atoms with Crippen LogP contribution in [0.1, 0.15) is 44.4 Å². The average molecular weight is 266 g/mol. The maximum atomic E-state index is 13.3. The third kappa shape index (κ3) is 4.92. The van der Waals surface area contributed by atoms with E-state index in [0.717, 1.165) is 38.2 Å². The molecule has 0 radical (unpaired) electrons. The maximum Gasteiger partial charge on any atom is 0.126 e. The molecule has 0 aliphatic rings. The van der Waals surface area contributed by atoms with Crippen LogP contribution in [0.2, 0.25) is 0 Å². The van der Waals surface area contributed by atoms with Crippen LogP contribution in [0.3, 0.4) is 0 Å². The Kier molecular flexibility index (Phi) is 7.03. The van der Waals surface area contributed by atoms with Gasteiger partial charge < -0.3 is 10.2 Å². The van der Waals surface area contributed by atoms with Crippen LogP contribution in [0.5, 0.6) is 0 Å². The van der Waals surface area contributed by atoms with Crippen LogP contribution in [0.4, 0.5) is 4.39 Å². The standard InChI is InChI=1S/C16H27FN2/c1-5-18-16(10-11-19(6-2)7-3)14-8-9-15(17)13(4)12-14/h8-9,12,16,18H,5-7,10-11H2,1-4H3. The molecule has 0 aliphatic heterocycles. The minimum Gasteiger partial charge on any atom is -0.310 e. The number of hydrogen-bond acceptors (Lipinski definition) is 2. The predicted octanol–water partition coefficient (Wildman–Crippen LogP) is 3.52. The van der Waals surface area contributed by atoms with E-state index in [9.17, 15) is 4.39 Å². The lowest BCUT2D eigenvalue weighted by atomic mass is 10.0. The summed E-state index contributed by atoms with van der Waals surface area (Å²) in [5.74, 6) is -0.122. The Morgan fingerprint density at radius 1 is 1.21 bits per heavy atom. The van der Waals surface area contributed by atoms with Gasteiger partial charge in [0, 0.05) is 6.04 Å². The zero-order valence-corrected chi connectivity index (χ0v) is 12.7. The lowest BCUT2D eigenvalue weighted by Gasteiger charge is -2.24. The number of rotatable bonds is 8. The highest BCUT2D eigenvalue weighted by molar-refractivity contribution is 5.26. The molecule has 1 N–H and O–H groups in total. The summed E-state index contributed by atoms with van der Waals surface area (Å²) < 4.78 is 13.3. The van der Waals surface area contributed by atoms with Gasteiger partial charge in [0.1, 0.15) is 5.82 Å². The van der Waals surface area contributed by atoms with Crippen molar-refractivity contribution in [2.24, 2.45) is 0 Å². The Balaban J connectivity index is 2.73. The molecule has 0 bridgehead atoms. The van der Waals surface area contributed by atoms with Gasteiger partial charge in [-0.1, -0.05) is 32.9 Å². The summed E-state index contributed by atoms with van der Waals surface area (Å²) in [4.78, 5) is 2.42. The molecule has 2 nitrogen and oxygen atoms in total. The summed E-state index contributed by atoms with van der Waals surface area (Å²) >= 11 is 0. The van der Waals surface area contributed by atoms with Crippen LogP contribution < -0.4 is 5.32 Å². The van der Waals surface area contributed by atoms with Crippen LogP contribution in [0, 0.1) is 12.7 Å². The molecule has 108 valence electrons. The fourth-order valence-corrected chi connectivity index (χ4v) is 2.37. The highest BCUT2D eigenvalue weighted by Gasteiger charge is 2.12. The summed E-state index contributed by atoms with van der Waals surface area (Å²) in [6.45, 7) is 12.5. The maximum absolute atomic E-state index is 13.3. The molecule has 19 heavy (non-hydrogen) atoms. The Morgan fingerprint density at radius 3 is 2.42 bits per heavy atom. The molecule has 1 atom stereocenters. The van der Waals surface area contributed by atoms with Gasteiger partial charge in [-0.25, -0.2) is 4.39 Å². The number of nitrogens with one attached hydrogen (secondary N) is 1. The number of aryl methyl sites for hydroxylation is 1. The third-order valence-electron chi connectivity index (χ3n) is 3.66. The van der Waals surface area contributed by atoms with E-state index >= 15 is 0 Å². The van der Waals surface area contributed by atoms with Gasteiger partial charge in [0.25, 0.3) is 0 Å². The molecule has 0 aromatic heterocycles. The van der Waals surface area contributed by atoms with Crippen molar-refractivity contribution in [3.63, 3.8) is 0 Å². The fraction of sp³-hybridized carbons (Fsp3) is 0.625. The van der Waals surface area contributed by atoms with Crippen LogP contribution in [0.25, 0.3) is 0 Å². The molecule has 1 aromatic carbocycles. The minimum absolute atomic E-state index is 0.122. The van der Waals surface area contributed by atoms with E-state index in [-0.39, 0.29) is 5.82 Å². The van der Waals surface area contributed by atoms with E-state index in [4.69, 9.17) is 0 Å². The summed E-state index contributed by atoms with van der Waals surface area (Å²) in [7, 11) is 0. The second kappa shape index (κ2) is 8.28. The van der Waals surface area contributed by atoms with E-state index in [0.29, 0.717) is 6.04 Å². The molecule has 0 aliphatic carbocycles. The van der Waals surface area contributed by atoms with Crippen LogP contribution in [-0.4, -0.2) is 31.1 Å². The molecule has 0 heterocycles. The third-order valence-corrected chi connectivity index (χ3v) is 3.66. The SMILES string of the molecule is CCNC(CCN(CC)CC)c1ccc(F)c(C)c1. The lowest BCUT2D eigenvalue weighted by Crippen LogP contribution is -2.29. The second-order valence-electron chi connectivity index (χ2n) is 4.93. The van der Waals surface area contributed by atoms with E-state index in [2.05, 4.69) is 31.0 Å². The van der Waals surface area contributed by atoms with Crippen LogP contribution in [0.15, 0.2) is 18.2 Å². The van der Waals surface area contributed by atoms with E-state index in [1.54, 1.807) is 6.07 Å².